The van der Waals surface area contributed by atoms with Gasteiger partial charge in [0.05, 0.1) is 12.0 Å². The molecule has 0 unspecified atom stereocenters. The molecule has 0 saturated carbocycles. The molecule has 1 aromatic carbocycles. The monoisotopic (exact) mass is 271 g/mol. The van der Waals surface area contributed by atoms with Gasteiger partial charge >= 0.3 is 0 Å². The van der Waals surface area contributed by atoms with Crippen LogP contribution in [0, 0.1) is 5.92 Å². The van der Waals surface area contributed by atoms with E-state index in [0.29, 0.717) is 5.92 Å². The van der Waals surface area contributed by atoms with Gasteiger partial charge in [-0.1, -0.05) is 45.0 Å². The highest BCUT2D eigenvalue weighted by Crippen LogP contribution is 2.07. The number of rotatable bonds is 7. The second-order valence-corrected chi connectivity index (χ2v) is 5.73. The van der Waals surface area contributed by atoms with Gasteiger partial charge in [0.1, 0.15) is 0 Å². The highest BCUT2D eigenvalue weighted by molar-refractivity contribution is 5.22. The third kappa shape index (κ3) is 4.49. The van der Waals surface area contributed by atoms with E-state index in [0.717, 1.165) is 31.7 Å². The van der Waals surface area contributed by atoms with E-state index >= 15 is 0 Å². The largest absolute Gasteiger partial charge is 0.333 e. The highest BCUT2D eigenvalue weighted by atomic mass is 15.0. The molecule has 1 aromatic heterocycles. The minimum Gasteiger partial charge on any atom is -0.333 e. The van der Waals surface area contributed by atoms with Crippen molar-refractivity contribution in [2.45, 2.75) is 40.3 Å². The Morgan fingerprint density at radius 3 is 2.50 bits per heavy atom. The predicted octanol–water partition coefficient (Wildman–Crippen LogP) is 3.24. The standard InChI is InChI=1S/C17H25N3/c1-4-15-5-7-16(8-6-15)11-20-12-17(19-13-20)10-18-9-14(2)3/h5-8,12-14,18H,4,9-11H2,1-3H3. The van der Waals surface area contributed by atoms with Crippen LogP contribution in [-0.4, -0.2) is 16.1 Å². The average molecular weight is 271 g/mol. The van der Waals surface area contributed by atoms with Crippen LogP contribution in [0.1, 0.15) is 37.6 Å². The first kappa shape index (κ1) is 14.8. The first-order chi connectivity index (χ1) is 9.67. The van der Waals surface area contributed by atoms with E-state index in [1.54, 1.807) is 0 Å². The quantitative estimate of drug-likeness (QED) is 0.838. The van der Waals surface area contributed by atoms with Crippen LogP contribution >= 0.6 is 0 Å². The maximum absolute atomic E-state index is 4.44. The summed E-state index contributed by atoms with van der Waals surface area (Å²) in [5.41, 5.74) is 3.81. The van der Waals surface area contributed by atoms with Crippen LogP contribution < -0.4 is 5.32 Å². The smallest absolute Gasteiger partial charge is 0.0953 e. The Balaban J connectivity index is 1.88. The molecule has 1 N–H and O–H groups in total. The summed E-state index contributed by atoms with van der Waals surface area (Å²) in [6, 6.07) is 8.82. The lowest BCUT2D eigenvalue weighted by atomic mass is 10.1. The van der Waals surface area contributed by atoms with E-state index in [1.165, 1.54) is 11.1 Å². The number of nitrogens with one attached hydrogen (secondary N) is 1. The molecular weight excluding hydrogens is 246 g/mol. The molecule has 0 atom stereocenters. The molecule has 20 heavy (non-hydrogen) atoms. The Bertz CT molecular complexity index is 511. The molecule has 0 radical (unpaired) electrons. The van der Waals surface area contributed by atoms with E-state index < -0.39 is 0 Å². The Morgan fingerprint density at radius 2 is 1.85 bits per heavy atom. The molecule has 0 spiro atoms. The zero-order valence-corrected chi connectivity index (χ0v) is 12.8. The summed E-state index contributed by atoms with van der Waals surface area (Å²) in [5.74, 6) is 0.675. The van der Waals surface area contributed by atoms with Crippen LogP contribution in [0.4, 0.5) is 0 Å². The maximum Gasteiger partial charge on any atom is 0.0953 e. The van der Waals surface area contributed by atoms with E-state index in [1.807, 2.05) is 6.33 Å². The summed E-state index contributed by atoms with van der Waals surface area (Å²) in [6.45, 7) is 9.38. The minimum absolute atomic E-state index is 0.675. The van der Waals surface area contributed by atoms with Gasteiger partial charge in [0.15, 0.2) is 0 Å². The third-order valence-electron chi connectivity index (χ3n) is 3.34. The molecule has 108 valence electrons. The molecule has 0 amide bonds. The zero-order chi connectivity index (χ0) is 14.4. The topological polar surface area (TPSA) is 29.9 Å². The van der Waals surface area contributed by atoms with Gasteiger partial charge in [-0.2, -0.15) is 0 Å². The van der Waals surface area contributed by atoms with Crippen molar-refractivity contribution in [1.29, 1.82) is 0 Å². The van der Waals surface area contributed by atoms with Crippen molar-refractivity contribution in [1.82, 2.24) is 14.9 Å². The van der Waals surface area contributed by atoms with Crippen LogP contribution in [-0.2, 0) is 19.5 Å². The first-order valence-electron chi connectivity index (χ1n) is 7.46. The predicted molar refractivity (Wildman–Crippen MR) is 83.7 cm³/mol. The van der Waals surface area contributed by atoms with Gasteiger partial charge < -0.3 is 9.88 Å². The van der Waals surface area contributed by atoms with E-state index in [9.17, 15) is 0 Å². The SMILES string of the molecule is CCc1ccc(Cn2cnc(CNCC(C)C)c2)cc1. The van der Waals surface area contributed by atoms with Crippen molar-refractivity contribution < 1.29 is 0 Å². The average Bonchev–Trinajstić information content (AvgIpc) is 2.87. The summed E-state index contributed by atoms with van der Waals surface area (Å²) in [4.78, 5) is 4.44. The second kappa shape index (κ2) is 7.25. The van der Waals surface area contributed by atoms with Gasteiger partial charge in [-0.15, -0.1) is 0 Å². The molecule has 0 aliphatic heterocycles. The maximum atomic E-state index is 4.44. The number of aryl methyl sites for hydroxylation is 1. The summed E-state index contributed by atoms with van der Waals surface area (Å²) >= 11 is 0. The van der Waals surface area contributed by atoms with Crippen molar-refractivity contribution in [3.8, 4) is 0 Å². The van der Waals surface area contributed by atoms with Gasteiger partial charge in [0.25, 0.3) is 0 Å². The summed E-state index contributed by atoms with van der Waals surface area (Å²) < 4.78 is 2.15. The molecule has 0 saturated heterocycles. The van der Waals surface area contributed by atoms with Gasteiger partial charge in [0.2, 0.25) is 0 Å². The van der Waals surface area contributed by atoms with Gasteiger partial charge in [-0.3, -0.25) is 0 Å². The lowest BCUT2D eigenvalue weighted by Crippen LogP contribution is -2.19. The molecule has 0 aliphatic rings. The number of benzene rings is 1. The van der Waals surface area contributed by atoms with Gasteiger partial charge in [0, 0.05) is 19.3 Å². The fourth-order valence-electron chi connectivity index (χ4n) is 2.16. The summed E-state index contributed by atoms with van der Waals surface area (Å²) in [5, 5.41) is 3.42. The van der Waals surface area contributed by atoms with Crippen LogP contribution in [0.2, 0.25) is 0 Å². The number of nitrogens with zero attached hydrogens (tertiary/aromatic N) is 2. The van der Waals surface area contributed by atoms with E-state index in [-0.39, 0.29) is 0 Å². The molecule has 0 bridgehead atoms. The Labute approximate surface area is 122 Å². The lowest BCUT2D eigenvalue weighted by Gasteiger charge is -2.05. The minimum atomic E-state index is 0.675. The van der Waals surface area contributed by atoms with E-state index in [4.69, 9.17) is 0 Å². The normalized spacial score (nSPS) is 11.2. The van der Waals surface area contributed by atoms with Crippen LogP contribution in [0.3, 0.4) is 0 Å². The van der Waals surface area contributed by atoms with Gasteiger partial charge in [-0.05, 0) is 30.0 Å². The fourth-order valence-corrected chi connectivity index (χ4v) is 2.16. The van der Waals surface area contributed by atoms with Crippen molar-refractivity contribution in [2.24, 2.45) is 5.92 Å². The molecular formula is C17H25N3. The summed E-state index contributed by atoms with van der Waals surface area (Å²) in [6.07, 6.45) is 5.14. The van der Waals surface area contributed by atoms with Crippen molar-refractivity contribution >= 4 is 0 Å². The Kier molecular flexibility index (Phi) is 5.36. The Hall–Kier alpha value is -1.61. The lowest BCUT2D eigenvalue weighted by molar-refractivity contribution is 0.548. The van der Waals surface area contributed by atoms with Crippen LogP contribution in [0.15, 0.2) is 36.8 Å². The first-order valence-corrected chi connectivity index (χ1v) is 7.46. The Morgan fingerprint density at radius 1 is 1.15 bits per heavy atom. The highest BCUT2D eigenvalue weighted by Gasteiger charge is 2.01. The number of hydrogen-bond donors (Lipinski definition) is 1. The molecule has 3 nitrogen and oxygen atoms in total. The van der Waals surface area contributed by atoms with Crippen LogP contribution in [0.5, 0.6) is 0 Å². The van der Waals surface area contributed by atoms with Crippen LogP contribution in [0.25, 0.3) is 0 Å². The van der Waals surface area contributed by atoms with Crippen molar-refractivity contribution in [3.63, 3.8) is 0 Å². The van der Waals surface area contributed by atoms with Gasteiger partial charge in [-0.25, -0.2) is 4.98 Å². The molecule has 1 heterocycles. The van der Waals surface area contributed by atoms with E-state index in [2.05, 4.69) is 66.1 Å². The molecule has 2 aromatic rings. The fraction of sp³-hybridized carbons (Fsp3) is 0.471. The zero-order valence-electron chi connectivity index (χ0n) is 12.8. The summed E-state index contributed by atoms with van der Waals surface area (Å²) in [7, 11) is 0. The number of hydrogen-bond acceptors (Lipinski definition) is 2. The number of imidazole rings is 1. The molecule has 0 aliphatic carbocycles. The van der Waals surface area contributed by atoms with Crippen molar-refractivity contribution in [3.05, 3.63) is 53.6 Å². The third-order valence-corrected chi connectivity index (χ3v) is 3.34. The number of aromatic nitrogens is 2. The second-order valence-electron chi connectivity index (χ2n) is 5.73. The molecule has 0 fully saturated rings. The van der Waals surface area contributed by atoms with Crippen molar-refractivity contribution in [2.75, 3.05) is 6.54 Å². The molecule has 3 heteroatoms. The molecule has 2 rings (SSSR count).